The molecule has 0 unspecified atom stereocenters. The predicted molar refractivity (Wildman–Crippen MR) is 95.5 cm³/mol. The number of nitro groups is 1. The van der Waals surface area contributed by atoms with Crippen molar-refractivity contribution in [3.8, 4) is 11.5 Å². The van der Waals surface area contributed by atoms with Gasteiger partial charge in [-0.1, -0.05) is 34.4 Å². The lowest BCUT2D eigenvalue weighted by Crippen LogP contribution is -2.12. The van der Waals surface area contributed by atoms with Crippen LogP contribution < -0.4 is 5.32 Å². The van der Waals surface area contributed by atoms with Crippen molar-refractivity contribution < 1.29 is 14.1 Å². The number of carbonyl (C=O) groups excluding carboxylic acids is 1. The molecule has 132 valence electrons. The van der Waals surface area contributed by atoms with Crippen LogP contribution in [-0.4, -0.2) is 21.0 Å². The normalized spacial score (nSPS) is 10.6. The fourth-order valence-electron chi connectivity index (χ4n) is 2.16. The number of amides is 1. The quantitative estimate of drug-likeness (QED) is 0.516. The molecule has 0 fully saturated rings. The molecule has 0 aliphatic carbocycles. The molecule has 0 spiro atoms. The number of aryl methyl sites for hydroxylation is 1. The number of hydrogen-bond acceptors (Lipinski definition) is 6. The first kappa shape index (κ1) is 17.8. The van der Waals surface area contributed by atoms with Gasteiger partial charge in [0.2, 0.25) is 0 Å². The van der Waals surface area contributed by atoms with E-state index in [1.165, 1.54) is 24.3 Å². The lowest BCUT2D eigenvalue weighted by molar-refractivity contribution is -0.385. The first-order valence-electron chi connectivity index (χ1n) is 7.20. The monoisotopic (exact) mass is 392 g/mol. The minimum absolute atomic E-state index is 0.0894. The molecule has 10 heteroatoms. The lowest BCUT2D eigenvalue weighted by Gasteiger charge is -2.02. The topological polar surface area (TPSA) is 111 Å². The summed E-state index contributed by atoms with van der Waals surface area (Å²) in [6.45, 7) is 1.58. The Balaban J connectivity index is 1.82. The molecule has 0 saturated carbocycles. The van der Waals surface area contributed by atoms with Crippen LogP contribution in [0.15, 0.2) is 40.8 Å². The minimum Gasteiger partial charge on any atom is -0.403 e. The van der Waals surface area contributed by atoms with Gasteiger partial charge in [0, 0.05) is 22.2 Å². The highest BCUT2D eigenvalue weighted by Gasteiger charge is 2.18. The fraction of sp³-hybridized carbons (Fsp3) is 0.0625. The van der Waals surface area contributed by atoms with E-state index in [1.54, 1.807) is 19.1 Å². The average molecular weight is 393 g/mol. The van der Waals surface area contributed by atoms with Gasteiger partial charge in [0.25, 0.3) is 17.5 Å². The Morgan fingerprint density at radius 1 is 1.19 bits per heavy atom. The number of carbonyl (C=O) groups is 1. The highest BCUT2D eigenvalue weighted by atomic mass is 35.5. The standard InChI is InChI=1S/C16H10Cl2N4O4/c1-8-2-3-9(6-13(8)22(24)25)14(23)19-16-21-20-15(26-16)11-5-4-10(17)7-12(11)18/h2-7H,1H3,(H,19,21,23). The third-order valence-electron chi connectivity index (χ3n) is 3.48. The Hall–Kier alpha value is -2.97. The van der Waals surface area contributed by atoms with Gasteiger partial charge in [0.15, 0.2) is 0 Å². The largest absolute Gasteiger partial charge is 0.403 e. The van der Waals surface area contributed by atoms with Crippen LogP contribution in [0.25, 0.3) is 11.5 Å². The van der Waals surface area contributed by atoms with Gasteiger partial charge in [-0.25, -0.2) is 0 Å². The molecule has 1 aromatic heterocycles. The SMILES string of the molecule is Cc1ccc(C(=O)Nc2nnc(-c3ccc(Cl)cc3Cl)o2)cc1[N+](=O)[O-]. The van der Waals surface area contributed by atoms with Crippen molar-refractivity contribution in [3.63, 3.8) is 0 Å². The number of rotatable bonds is 4. The van der Waals surface area contributed by atoms with Crippen molar-refractivity contribution >= 4 is 40.8 Å². The van der Waals surface area contributed by atoms with E-state index in [4.69, 9.17) is 27.6 Å². The van der Waals surface area contributed by atoms with Crippen LogP contribution in [0.3, 0.4) is 0 Å². The molecule has 0 saturated heterocycles. The zero-order valence-electron chi connectivity index (χ0n) is 13.2. The number of aromatic nitrogens is 2. The maximum absolute atomic E-state index is 12.3. The molecular weight excluding hydrogens is 383 g/mol. The molecule has 26 heavy (non-hydrogen) atoms. The molecule has 1 amide bonds. The highest BCUT2D eigenvalue weighted by molar-refractivity contribution is 6.36. The summed E-state index contributed by atoms with van der Waals surface area (Å²) in [4.78, 5) is 22.7. The van der Waals surface area contributed by atoms with E-state index in [1.807, 2.05) is 0 Å². The van der Waals surface area contributed by atoms with Crippen molar-refractivity contribution in [2.24, 2.45) is 0 Å². The lowest BCUT2D eigenvalue weighted by atomic mass is 10.1. The fourth-order valence-corrected chi connectivity index (χ4v) is 2.65. The molecule has 0 radical (unpaired) electrons. The summed E-state index contributed by atoms with van der Waals surface area (Å²) < 4.78 is 5.37. The maximum Gasteiger partial charge on any atom is 0.322 e. The molecule has 0 aliphatic heterocycles. The number of nitrogens with zero attached hydrogens (tertiary/aromatic N) is 3. The van der Waals surface area contributed by atoms with Crippen LogP contribution in [0.2, 0.25) is 10.0 Å². The Morgan fingerprint density at radius 3 is 2.65 bits per heavy atom. The van der Waals surface area contributed by atoms with Crippen molar-refractivity contribution in [1.82, 2.24) is 10.2 Å². The summed E-state index contributed by atoms with van der Waals surface area (Å²) in [5.41, 5.74) is 0.836. The van der Waals surface area contributed by atoms with E-state index in [9.17, 15) is 14.9 Å². The number of hydrogen-bond donors (Lipinski definition) is 1. The molecule has 3 rings (SSSR count). The Bertz CT molecular complexity index is 1020. The van der Waals surface area contributed by atoms with E-state index < -0.39 is 10.8 Å². The van der Waals surface area contributed by atoms with E-state index in [0.717, 1.165) is 0 Å². The van der Waals surface area contributed by atoms with Crippen LogP contribution in [0.5, 0.6) is 0 Å². The van der Waals surface area contributed by atoms with Crippen molar-refractivity contribution in [3.05, 3.63) is 67.7 Å². The number of anilines is 1. The average Bonchev–Trinajstić information content (AvgIpc) is 3.03. The van der Waals surface area contributed by atoms with Crippen LogP contribution in [0.1, 0.15) is 15.9 Å². The van der Waals surface area contributed by atoms with Crippen molar-refractivity contribution in [2.45, 2.75) is 6.92 Å². The van der Waals surface area contributed by atoms with Gasteiger partial charge in [-0.2, -0.15) is 0 Å². The van der Waals surface area contributed by atoms with Gasteiger partial charge in [0.1, 0.15) is 0 Å². The summed E-state index contributed by atoms with van der Waals surface area (Å²) in [5, 5.41) is 21.7. The summed E-state index contributed by atoms with van der Waals surface area (Å²) in [6, 6.07) is 8.69. The Kier molecular flexibility index (Phi) is 4.88. The first-order valence-corrected chi connectivity index (χ1v) is 7.96. The third kappa shape index (κ3) is 3.66. The van der Waals surface area contributed by atoms with Gasteiger partial charge >= 0.3 is 6.01 Å². The predicted octanol–water partition coefficient (Wildman–Crippen LogP) is 4.51. The van der Waals surface area contributed by atoms with Crippen LogP contribution in [0, 0.1) is 17.0 Å². The highest BCUT2D eigenvalue weighted by Crippen LogP contribution is 2.30. The van der Waals surface area contributed by atoms with Crippen LogP contribution in [-0.2, 0) is 0 Å². The second kappa shape index (κ2) is 7.11. The van der Waals surface area contributed by atoms with Gasteiger partial charge in [-0.15, -0.1) is 5.10 Å². The summed E-state index contributed by atoms with van der Waals surface area (Å²) >= 11 is 11.9. The number of halogens is 2. The molecular formula is C16H10Cl2N4O4. The van der Waals surface area contributed by atoms with Crippen LogP contribution >= 0.6 is 23.2 Å². The van der Waals surface area contributed by atoms with E-state index >= 15 is 0 Å². The Morgan fingerprint density at radius 2 is 1.96 bits per heavy atom. The number of nitro benzene ring substituents is 1. The molecule has 2 aromatic carbocycles. The molecule has 0 atom stereocenters. The smallest absolute Gasteiger partial charge is 0.322 e. The minimum atomic E-state index is -0.620. The molecule has 0 bridgehead atoms. The number of nitrogens with one attached hydrogen (secondary N) is 1. The zero-order chi connectivity index (χ0) is 18.8. The first-order chi connectivity index (χ1) is 12.3. The van der Waals surface area contributed by atoms with Crippen molar-refractivity contribution in [1.29, 1.82) is 0 Å². The molecule has 1 heterocycles. The van der Waals surface area contributed by atoms with Gasteiger partial charge in [0.05, 0.1) is 15.5 Å². The van der Waals surface area contributed by atoms with Gasteiger partial charge < -0.3 is 4.42 Å². The van der Waals surface area contributed by atoms with E-state index in [2.05, 4.69) is 15.5 Å². The summed E-state index contributed by atoms with van der Waals surface area (Å²) in [6.07, 6.45) is 0. The second-order valence-electron chi connectivity index (χ2n) is 5.25. The van der Waals surface area contributed by atoms with Crippen LogP contribution in [0.4, 0.5) is 11.7 Å². The molecule has 1 N–H and O–H groups in total. The Labute approximate surface area is 156 Å². The summed E-state index contributed by atoms with van der Waals surface area (Å²) in [7, 11) is 0. The van der Waals surface area contributed by atoms with Gasteiger partial charge in [-0.05, 0) is 31.2 Å². The maximum atomic E-state index is 12.3. The molecule has 0 aliphatic rings. The second-order valence-corrected chi connectivity index (χ2v) is 6.09. The molecule has 8 nitrogen and oxygen atoms in total. The van der Waals surface area contributed by atoms with E-state index in [0.29, 0.717) is 21.2 Å². The molecule has 3 aromatic rings. The number of benzene rings is 2. The summed E-state index contributed by atoms with van der Waals surface area (Å²) in [5.74, 6) is -0.526. The zero-order valence-corrected chi connectivity index (χ0v) is 14.7. The third-order valence-corrected chi connectivity index (χ3v) is 4.02. The van der Waals surface area contributed by atoms with Crippen molar-refractivity contribution in [2.75, 3.05) is 5.32 Å². The van der Waals surface area contributed by atoms with Gasteiger partial charge in [-0.3, -0.25) is 20.2 Å². The van der Waals surface area contributed by atoms with E-state index in [-0.39, 0.29) is 23.2 Å².